The highest BCUT2D eigenvalue weighted by Crippen LogP contribution is 2.43. The maximum absolute atomic E-state index is 11.4. The van der Waals surface area contributed by atoms with Crippen LogP contribution in [0.1, 0.15) is 41.1 Å². The molecule has 0 radical (unpaired) electrons. The molecule has 3 rings (SSSR count). The predicted molar refractivity (Wildman–Crippen MR) is 116 cm³/mol. The number of hydrogen-bond donors (Lipinski definition) is 1. The first-order chi connectivity index (χ1) is 14.4. The number of rotatable bonds is 7. The number of hydrogen-bond acceptors (Lipinski definition) is 5. The molecular formula is C24H31NO5. The molecule has 1 aliphatic rings. The average Bonchev–Trinajstić information content (AvgIpc) is 2.75. The molecule has 162 valence electrons. The Morgan fingerprint density at radius 2 is 1.60 bits per heavy atom. The first-order valence-electron chi connectivity index (χ1n) is 10.2. The van der Waals surface area contributed by atoms with Gasteiger partial charge in [0.1, 0.15) is 0 Å². The molecule has 6 nitrogen and oxygen atoms in total. The fourth-order valence-corrected chi connectivity index (χ4v) is 4.31. The minimum absolute atomic E-state index is 0.0339. The van der Waals surface area contributed by atoms with Crippen molar-refractivity contribution in [3.8, 4) is 17.2 Å². The SMILES string of the molecule is COc1cc(C(c2cc(C)ccc2C)N2CCC(C(=O)O)CC2)cc(OC)c1OC. The zero-order valence-corrected chi connectivity index (χ0v) is 18.4. The smallest absolute Gasteiger partial charge is 0.306 e. The second kappa shape index (κ2) is 9.39. The van der Waals surface area contributed by atoms with Gasteiger partial charge in [0.2, 0.25) is 5.75 Å². The molecule has 0 saturated carbocycles. The fraction of sp³-hybridized carbons (Fsp3) is 0.458. The van der Waals surface area contributed by atoms with E-state index in [1.54, 1.807) is 21.3 Å². The van der Waals surface area contributed by atoms with Crippen LogP contribution < -0.4 is 14.2 Å². The highest BCUT2D eigenvalue weighted by Gasteiger charge is 2.32. The van der Waals surface area contributed by atoms with Crippen molar-refractivity contribution in [2.45, 2.75) is 32.7 Å². The van der Waals surface area contributed by atoms with Gasteiger partial charge in [0.15, 0.2) is 11.5 Å². The maximum Gasteiger partial charge on any atom is 0.306 e. The van der Waals surface area contributed by atoms with E-state index < -0.39 is 5.97 Å². The lowest BCUT2D eigenvalue weighted by Crippen LogP contribution is -2.39. The lowest BCUT2D eigenvalue weighted by molar-refractivity contribution is -0.143. The zero-order valence-electron chi connectivity index (χ0n) is 18.4. The van der Waals surface area contributed by atoms with Crippen LogP contribution >= 0.6 is 0 Å². The van der Waals surface area contributed by atoms with E-state index in [9.17, 15) is 9.90 Å². The largest absolute Gasteiger partial charge is 0.493 e. The number of ether oxygens (including phenoxy) is 3. The van der Waals surface area contributed by atoms with Gasteiger partial charge in [0.25, 0.3) is 0 Å². The van der Waals surface area contributed by atoms with E-state index in [0.29, 0.717) is 43.2 Å². The lowest BCUT2D eigenvalue weighted by Gasteiger charge is -2.38. The molecule has 1 saturated heterocycles. The summed E-state index contributed by atoms with van der Waals surface area (Å²) in [6.07, 6.45) is 1.28. The van der Waals surface area contributed by atoms with Crippen molar-refractivity contribution in [2.75, 3.05) is 34.4 Å². The second-order valence-corrected chi connectivity index (χ2v) is 7.87. The topological polar surface area (TPSA) is 68.2 Å². The molecule has 1 aliphatic heterocycles. The van der Waals surface area contributed by atoms with Gasteiger partial charge in [-0.2, -0.15) is 0 Å². The molecule has 30 heavy (non-hydrogen) atoms. The first kappa shape index (κ1) is 22.0. The Morgan fingerprint density at radius 1 is 1.00 bits per heavy atom. The monoisotopic (exact) mass is 413 g/mol. The van der Waals surface area contributed by atoms with Crippen LogP contribution in [-0.2, 0) is 4.79 Å². The number of aryl methyl sites for hydroxylation is 2. The van der Waals surface area contributed by atoms with Crippen molar-refractivity contribution < 1.29 is 24.1 Å². The van der Waals surface area contributed by atoms with Gasteiger partial charge >= 0.3 is 5.97 Å². The van der Waals surface area contributed by atoms with Gasteiger partial charge in [-0.05, 0) is 68.6 Å². The quantitative estimate of drug-likeness (QED) is 0.733. The van der Waals surface area contributed by atoms with Crippen molar-refractivity contribution in [3.05, 3.63) is 52.6 Å². The molecule has 0 amide bonds. The minimum Gasteiger partial charge on any atom is -0.493 e. The Labute approximate surface area is 178 Å². The van der Waals surface area contributed by atoms with Gasteiger partial charge < -0.3 is 19.3 Å². The van der Waals surface area contributed by atoms with Crippen LogP contribution in [0.2, 0.25) is 0 Å². The van der Waals surface area contributed by atoms with Gasteiger partial charge in [0, 0.05) is 0 Å². The molecule has 0 aromatic heterocycles. The van der Waals surface area contributed by atoms with Gasteiger partial charge in [-0.15, -0.1) is 0 Å². The van der Waals surface area contributed by atoms with Crippen LogP contribution in [0, 0.1) is 19.8 Å². The van der Waals surface area contributed by atoms with Crippen LogP contribution in [0.3, 0.4) is 0 Å². The summed E-state index contributed by atoms with van der Waals surface area (Å²) in [5.41, 5.74) is 4.62. The number of likely N-dealkylation sites (tertiary alicyclic amines) is 1. The lowest BCUT2D eigenvalue weighted by atomic mass is 9.88. The summed E-state index contributed by atoms with van der Waals surface area (Å²) in [5, 5.41) is 9.41. The van der Waals surface area contributed by atoms with Gasteiger partial charge in [0.05, 0.1) is 33.3 Å². The molecule has 0 bridgehead atoms. The van der Waals surface area contributed by atoms with Crippen molar-refractivity contribution in [3.63, 3.8) is 0 Å². The molecule has 1 N–H and O–H groups in total. The number of carbonyl (C=O) groups is 1. The predicted octanol–water partition coefficient (Wildman–Crippen LogP) is 4.22. The van der Waals surface area contributed by atoms with Crippen molar-refractivity contribution in [2.24, 2.45) is 5.92 Å². The summed E-state index contributed by atoms with van der Waals surface area (Å²) in [5.74, 6) is 0.810. The van der Waals surface area contributed by atoms with E-state index in [0.717, 1.165) is 5.56 Å². The van der Waals surface area contributed by atoms with Crippen LogP contribution in [0.25, 0.3) is 0 Å². The molecule has 1 atom stereocenters. The second-order valence-electron chi connectivity index (χ2n) is 7.87. The van der Waals surface area contributed by atoms with E-state index in [4.69, 9.17) is 14.2 Å². The number of nitrogens with zero attached hydrogens (tertiary/aromatic N) is 1. The molecule has 0 spiro atoms. The fourth-order valence-electron chi connectivity index (χ4n) is 4.31. The molecular weight excluding hydrogens is 382 g/mol. The average molecular weight is 414 g/mol. The molecule has 6 heteroatoms. The summed E-state index contributed by atoms with van der Waals surface area (Å²) in [6.45, 7) is 5.63. The van der Waals surface area contributed by atoms with E-state index in [1.807, 2.05) is 12.1 Å². The first-order valence-corrected chi connectivity index (χ1v) is 10.2. The Hall–Kier alpha value is -2.73. The molecule has 2 aromatic rings. The molecule has 0 aliphatic carbocycles. The van der Waals surface area contributed by atoms with E-state index >= 15 is 0 Å². The third-order valence-corrected chi connectivity index (χ3v) is 5.98. The standard InChI is InChI=1S/C24H31NO5/c1-15-6-7-16(2)19(12-15)22(25-10-8-17(9-11-25)24(26)27)18-13-20(28-3)23(30-5)21(14-18)29-4/h6-7,12-14,17,22H,8-11H2,1-5H3,(H,26,27). The third-order valence-electron chi connectivity index (χ3n) is 5.98. The minimum atomic E-state index is -0.703. The molecule has 1 heterocycles. The number of aliphatic carboxylic acids is 1. The van der Waals surface area contributed by atoms with Crippen molar-refractivity contribution in [1.82, 2.24) is 4.90 Å². The van der Waals surface area contributed by atoms with Crippen LogP contribution in [-0.4, -0.2) is 50.4 Å². The third kappa shape index (κ3) is 4.38. The van der Waals surface area contributed by atoms with E-state index in [-0.39, 0.29) is 12.0 Å². The van der Waals surface area contributed by atoms with Crippen LogP contribution in [0.4, 0.5) is 0 Å². The van der Waals surface area contributed by atoms with Gasteiger partial charge in [-0.25, -0.2) is 0 Å². The Morgan fingerprint density at radius 3 is 2.10 bits per heavy atom. The van der Waals surface area contributed by atoms with Gasteiger partial charge in [-0.3, -0.25) is 9.69 Å². The summed E-state index contributed by atoms with van der Waals surface area (Å²) >= 11 is 0. The van der Waals surface area contributed by atoms with E-state index in [2.05, 4.69) is 36.9 Å². The Balaban J connectivity index is 2.11. The van der Waals surface area contributed by atoms with Crippen LogP contribution in [0.15, 0.2) is 30.3 Å². The summed E-state index contributed by atoms with van der Waals surface area (Å²) in [6, 6.07) is 10.4. The highest BCUT2D eigenvalue weighted by atomic mass is 16.5. The number of benzene rings is 2. The summed E-state index contributed by atoms with van der Waals surface area (Å²) < 4.78 is 16.7. The highest BCUT2D eigenvalue weighted by molar-refractivity contribution is 5.70. The number of piperidine rings is 1. The normalized spacial score (nSPS) is 16.2. The molecule has 2 aromatic carbocycles. The van der Waals surface area contributed by atoms with Gasteiger partial charge in [-0.1, -0.05) is 23.8 Å². The Bertz CT molecular complexity index is 877. The van der Waals surface area contributed by atoms with Crippen LogP contribution in [0.5, 0.6) is 17.2 Å². The van der Waals surface area contributed by atoms with Crippen molar-refractivity contribution in [1.29, 1.82) is 0 Å². The maximum atomic E-state index is 11.4. The number of methoxy groups -OCH3 is 3. The summed E-state index contributed by atoms with van der Waals surface area (Å²) in [4.78, 5) is 13.8. The van der Waals surface area contributed by atoms with Crippen molar-refractivity contribution >= 4 is 5.97 Å². The zero-order chi connectivity index (χ0) is 21.8. The molecule has 1 fully saturated rings. The molecule has 1 unspecified atom stereocenters. The number of carboxylic acids is 1. The summed E-state index contributed by atoms with van der Waals surface area (Å²) in [7, 11) is 4.83. The van der Waals surface area contributed by atoms with E-state index in [1.165, 1.54) is 16.7 Å². The Kier molecular flexibility index (Phi) is 6.87. The number of carboxylic acid groups (broad SMARTS) is 1.